The van der Waals surface area contributed by atoms with E-state index in [1.54, 1.807) is 0 Å². The largest absolute Gasteiger partial charge is 0.396 e. The zero-order valence-corrected chi connectivity index (χ0v) is 4.56. The van der Waals surface area contributed by atoms with E-state index >= 15 is 0 Å². The average Bonchev–Trinajstić information content (AvgIpc) is 2.52. The highest BCUT2D eigenvalue weighted by Gasteiger charge is 2.18. The van der Waals surface area contributed by atoms with E-state index in [-0.39, 0.29) is 0 Å². The highest BCUT2D eigenvalue weighted by Crippen LogP contribution is 2.27. The molecular formula is C6H12O. The first-order chi connectivity index (χ1) is 3.43. The van der Waals surface area contributed by atoms with Gasteiger partial charge in [0.1, 0.15) is 0 Å². The molecular weight excluding hydrogens is 88.1 g/mol. The summed E-state index contributed by atoms with van der Waals surface area (Å²) >= 11 is 0. The molecule has 1 aliphatic rings. The van der Waals surface area contributed by atoms with Crippen molar-refractivity contribution in [2.45, 2.75) is 12.8 Å². The van der Waals surface area contributed by atoms with E-state index in [4.69, 9.17) is 5.11 Å². The van der Waals surface area contributed by atoms with Crippen molar-refractivity contribution in [3.8, 4) is 0 Å². The Morgan fingerprint density at radius 3 is 1.86 bits per heavy atom. The van der Waals surface area contributed by atoms with Crippen LogP contribution in [0.5, 0.6) is 0 Å². The zero-order chi connectivity index (χ0) is 5.70. The van der Waals surface area contributed by atoms with Crippen LogP contribution in [0, 0.1) is 5.92 Å². The highest BCUT2D eigenvalue weighted by molar-refractivity contribution is 4.70. The molecule has 1 aliphatic carbocycles. The Kier molecular flexibility index (Phi) is 3.71. The summed E-state index contributed by atoms with van der Waals surface area (Å²) in [6.45, 7) is 6.42. The molecule has 0 saturated heterocycles. The van der Waals surface area contributed by atoms with E-state index in [0.29, 0.717) is 12.5 Å². The minimum absolute atomic E-state index is 0.417. The molecule has 0 radical (unpaired) electrons. The van der Waals surface area contributed by atoms with Crippen LogP contribution in [-0.2, 0) is 0 Å². The molecule has 0 aromatic rings. The summed E-state index contributed by atoms with van der Waals surface area (Å²) < 4.78 is 0. The first kappa shape index (κ1) is 6.70. The molecule has 0 bridgehead atoms. The van der Waals surface area contributed by atoms with Gasteiger partial charge in [-0.15, -0.1) is 13.2 Å². The third kappa shape index (κ3) is 3.53. The van der Waals surface area contributed by atoms with E-state index in [0.717, 1.165) is 0 Å². The lowest BCUT2D eigenvalue weighted by atomic mass is 10.5. The molecule has 1 heteroatoms. The van der Waals surface area contributed by atoms with E-state index in [9.17, 15) is 0 Å². The predicted molar refractivity (Wildman–Crippen MR) is 31.1 cm³/mol. The van der Waals surface area contributed by atoms with Crippen LogP contribution >= 0.6 is 0 Å². The molecule has 0 spiro atoms. The Bertz CT molecular complexity index is 39.4. The van der Waals surface area contributed by atoms with Crippen LogP contribution < -0.4 is 0 Å². The summed E-state index contributed by atoms with van der Waals surface area (Å²) in [6, 6.07) is 0. The van der Waals surface area contributed by atoms with Crippen molar-refractivity contribution in [1.82, 2.24) is 0 Å². The fraction of sp³-hybridized carbons (Fsp3) is 0.667. The normalized spacial score (nSPS) is 17.3. The van der Waals surface area contributed by atoms with Gasteiger partial charge in [-0.25, -0.2) is 0 Å². The second-order valence-corrected chi connectivity index (χ2v) is 1.63. The monoisotopic (exact) mass is 100 g/mol. The van der Waals surface area contributed by atoms with Gasteiger partial charge in [0.2, 0.25) is 0 Å². The summed E-state index contributed by atoms with van der Waals surface area (Å²) in [6.07, 6.45) is 2.52. The van der Waals surface area contributed by atoms with Gasteiger partial charge < -0.3 is 5.11 Å². The smallest absolute Gasteiger partial charge is 0.0459 e. The number of hydrogen-bond acceptors (Lipinski definition) is 1. The van der Waals surface area contributed by atoms with Gasteiger partial charge in [-0.1, -0.05) is 0 Å². The maximum Gasteiger partial charge on any atom is 0.0459 e. The molecule has 1 N–H and O–H groups in total. The van der Waals surface area contributed by atoms with Gasteiger partial charge in [0.05, 0.1) is 0 Å². The maximum atomic E-state index is 8.21. The highest BCUT2D eigenvalue weighted by atomic mass is 16.3. The SMILES string of the molecule is C=C.OCC1CC1. The first-order valence-electron chi connectivity index (χ1n) is 2.54. The molecule has 42 valence electrons. The van der Waals surface area contributed by atoms with Crippen LogP contribution in [0.1, 0.15) is 12.8 Å². The molecule has 1 saturated carbocycles. The minimum atomic E-state index is 0.417. The molecule has 1 rings (SSSR count). The topological polar surface area (TPSA) is 20.2 Å². The third-order valence-electron chi connectivity index (χ3n) is 0.955. The van der Waals surface area contributed by atoms with Crippen molar-refractivity contribution in [3.63, 3.8) is 0 Å². The van der Waals surface area contributed by atoms with Gasteiger partial charge in [-0.2, -0.15) is 0 Å². The lowest BCUT2D eigenvalue weighted by Crippen LogP contribution is -1.78. The molecule has 0 aromatic carbocycles. The van der Waals surface area contributed by atoms with Crippen molar-refractivity contribution in [3.05, 3.63) is 13.2 Å². The zero-order valence-electron chi connectivity index (χ0n) is 4.56. The quantitative estimate of drug-likeness (QED) is 0.491. The average molecular weight is 100 g/mol. The van der Waals surface area contributed by atoms with E-state index in [2.05, 4.69) is 13.2 Å². The molecule has 0 heterocycles. The van der Waals surface area contributed by atoms with Crippen LogP contribution in [0.3, 0.4) is 0 Å². The molecule has 0 amide bonds. The maximum absolute atomic E-state index is 8.21. The standard InChI is InChI=1S/C4H8O.C2H4/c5-3-4-1-2-4;1-2/h4-5H,1-3H2;1-2H2. The fourth-order valence-electron chi connectivity index (χ4n) is 0.300. The van der Waals surface area contributed by atoms with Crippen LogP contribution in [0.2, 0.25) is 0 Å². The third-order valence-corrected chi connectivity index (χ3v) is 0.955. The van der Waals surface area contributed by atoms with Crippen LogP contribution in [0.15, 0.2) is 13.2 Å². The minimum Gasteiger partial charge on any atom is -0.396 e. The molecule has 0 atom stereocenters. The summed E-state index contributed by atoms with van der Waals surface area (Å²) in [5.41, 5.74) is 0. The summed E-state index contributed by atoms with van der Waals surface area (Å²) in [4.78, 5) is 0. The summed E-state index contributed by atoms with van der Waals surface area (Å²) in [5.74, 6) is 0.690. The Morgan fingerprint density at radius 1 is 1.43 bits per heavy atom. The van der Waals surface area contributed by atoms with Crippen LogP contribution in [-0.4, -0.2) is 11.7 Å². The van der Waals surface area contributed by atoms with E-state index in [1.807, 2.05) is 0 Å². The molecule has 0 aliphatic heterocycles. The van der Waals surface area contributed by atoms with Gasteiger partial charge in [-0.3, -0.25) is 0 Å². The Labute approximate surface area is 44.7 Å². The second-order valence-electron chi connectivity index (χ2n) is 1.63. The summed E-state index contributed by atoms with van der Waals surface area (Å²) in [7, 11) is 0. The van der Waals surface area contributed by atoms with Gasteiger partial charge in [0.15, 0.2) is 0 Å². The first-order valence-corrected chi connectivity index (χ1v) is 2.54. The molecule has 7 heavy (non-hydrogen) atoms. The number of rotatable bonds is 1. The Hall–Kier alpha value is -0.300. The van der Waals surface area contributed by atoms with E-state index < -0.39 is 0 Å². The van der Waals surface area contributed by atoms with Gasteiger partial charge in [-0.05, 0) is 18.8 Å². The predicted octanol–water partition coefficient (Wildman–Crippen LogP) is 1.19. The van der Waals surface area contributed by atoms with Crippen molar-refractivity contribution >= 4 is 0 Å². The van der Waals surface area contributed by atoms with Crippen LogP contribution in [0.4, 0.5) is 0 Å². The molecule has 1 nitrogen and oxygen atoms in total. The van der Waals surface area contributed by atoms with Gasteiger partial charge in [0, 0.05) is 6.61 Å². The fourth-order valence-corrected chi connectivity index (χ4v) is 0.300. The number of hydrogen-bond donors (Lipinski definition) is 1. The molecule has 0 unspecified atom stereocenters. The number of aliphatic hydroxyl groups is 1. The van der Waals surface area contributed by atoms with Crippen molar-refractivity contribution in [2.24, 2.45) is 5.92 Å². The second kappa shape index (κ2) is 3.88. The Morgan fingerprint density at radius 2 is 1.86 bits per heavy atom. The lowest BCUT2D eigenvalue weighted by molar-refractivity contribution is 0.277. The van der Waals surface area contributed by atoms with Crippen LogP contribution in [0.25, 0.3) is 0 Å². The van der Waals surface area contributed by atoms with Gasteiger partial charge in [0.25, 0.3) is 0 Å². The number of aliphatic hydroxyl groups excluding tert-OH is 1. The van der Waals surface area contributed by atoms with Crippen molar-refractivity contribution in [2.75, 3.05) is 6.61 Å². The van der Waals surface area contributed by atoms with Crippen molar-refractivity contribution < 1.29 is 5.11 Å². The van der Waals surface area contributed by atoms with Gasteiger partial charge >= 0.3 is 0 Å². The lowest BCUT2D eigenvalue weighted by Gasteiger charge is -1.73. The van der Waals surface area contributed by atoms with E-state index in [1.165, 1.54) is 12.8 Å². The Balaban J connectivity index is 0.000000162. The summed E-state index contributed by atoms with van der Waals surface area (Å²) in [5, 5.41) is 8.21. The van der Waals surface area contributed by atoms with Crippen molar-refractivity contribution in [1.29, 1.82) is 0 Å². The molecule has 1 fully saturated rings. The molecule has 0 aromatic heterocycles.